The SMILES string of the molecule is COc1ccc(C)c(/C=C/C=C/C(C)(C)C)c1. The van der Waals surface area contributed by atoms with Gasteiger partial charge in [-0.05, 0) is 35.6 Å². The summed E-state index contributed by atoms with van der Waals surface area (Å²) >= 11 is 0. The van der Waals surface area contributed by atoms with Gasteiger partial charge in [0.15, 0.2) is 0 Å². The van der Waals surface area contributed by atoms with E-state index in [1.807, 2.05) is 6.07 Å². The predicted octanol–water partition coefficient (Wildman–Crippen LogP) is 4.62. The molecule has 0 aliphatic heterocycles. The van der Waals surface area contributed by atoms with Gasteiger partial charge in [-0.1, -0.05) is 51.1 Å². The van der Waals surface area contributed by atoms with E-state index in [1.165, 1.54) is 11.1 Å². The van der Waals surface area contributed by atoms with Crippen LogP contribution in [0.25, 0.3) is 6.08 Å². The molecular formula is C16H22O. The standard InChI is InChI=1S/C16H22O/c1-13-9-10-15(17-5)12-14(13)8-6-7-11-16(2,3)4/h6-12H,1-5H3/b8-6+,11-7+. The zero-order valence-corrected chi connectivity index (χ0v) is 11.4. The third-order valence-electron chi connectivity index (χ3n) is 2.47. The maximum absolute atomic E-state index is 5.22. The molecule has 0 aromatic heterocycles. The summed E-state index contributed by atoms with van der Waals surface area (Å²) in [6.07, 6.45) is 8.48. The number of aryl methyl sites for hydroxylation is 1. The summed E-state index contributed by atoms with van der Waals surface area (Å²) in [6.45, 7) is 8.67. The Balaban J connectivity index is 2.81. The quantitative estimate of drug-likeness (QED) is 0.688. The lowest BCUT2D eigenvalue weighted by molar-refractivity contribution is 0.414. The average molecular weight is 230 g/mol. The van der Waals surface area contributed by atoms with Crippen LogP contribution in [0.2, 0.25) is 0 Å². The summed E-state index contributed by atoms with van der Waals surface area (Å²) in [6, 6.07) is 6.11. The van der Waals surface area contributed by atoms with E-state index < -0.39 is 0 Å². The van der Waals surface area contributed by atoms with Gasteiger partial charge in [-0.2, -0.15) is 0 Å². The molecule has 0 unspecified atom stereocenters. The number of rotatable bonds is 3. The van der Waals surface area contributed by atoms with Crippen LogP contribution in [0, 0.1) is 12.3 Å². The molecule has 17 heavy (non-hydrogen) atoms. The van der Waals surface area contributed by atoms with E-state index in [-0.39, 0.29) is 5.41 Å². The third kappa shape index (κ3) is 4.90. The van der Waals surface area contributed by atoms with Crippen LogP contribution in [0.3, 0.4) is 0 Å². The van der Waals surface area contributed by atoms with E-state index in [1.54, 1.807) is 7.11 Å². The lowest BCUT2D eigenvalue weighted by atomic mass is 9.96. The minimum absolute atomic E-state index is 0.230. The monoisotopic (exact) mass is 230 g/mol. The second-order valence-electron chi connectivity index (χ2n) is 5.31. The average Bonchev–Trinajstić information content (AvgIpc) is 2.25. The van der Waals surface area contributed by atoms with Gasteiger partial charge in [0.2, 0.25) is 0 Å². The van der Waals surface area contributed by atoms with Gasteiger partial charge in [-0.25, -0.2) is 0 Å². The van der Waals surface area contributed by atoms with E-state index in [2.05, 4.69) is 64.1 Å². The Bertz CT molecular complexity index is 420. The van der Waals surface area contributed by atoms with Crippen LogP contribution in [-0.2, 0) is 0 Å². The second kappa shape index (κ2) is 5.72. The largest absolute Gasteiger partial charge is 0.497 e. The fourth-order valence-corrected chi connectivity index (χ4v) is 1.43. The van der Waals surface area contributed by atoms with E-state index in [0.29, 0.717) is 0 Å². The minimum Gasteiger partial charge on any atom is -0.497 e. The van der Waals surface area contributed by atoms with Crippen molar-refractivity contribution < 1.29 is 4.74 Å². The molecule has 0 heterocycles. The van der Waals surface area contributed by atoms with E-state index >= 15 is 0 Å². The molecule has 1 aromatic rings. The molecule has 1 rings (SSSR count). The third-order valence-corrected chi connectivity index (χ3v) is 2.47. The summed E-state index contributed by atoms with van der Waals surface area (Å²) in [5.41, 5.74) is 2.68. The topological polar surface area (TPSA) is 9.23 Å². The van der Waals surface area contributed by atoms with E-state index in [0.717, 1.165) is 5.75 Å². The molecule has 0 amide bonds. The number of hydrogen-bond acceptors (Lipinski definition) is 1. The molecule has 1 nitrogen and oxygen atoms in total. The maximum Gasteiger partial charge on any atom is 0.119 e. The summed E-state index contributed by atoms with van der Waals surface area (Å²) in [7, 11) is 1.69. The first-order valence-electron chi connectivity index (χ1n) is 5.93. The Morgan fingerprint density at radius 1 is 1.12 bits per heavy atom. The molecule has 0 atom stereocenters. The highest BCUT2D eigenvalue weighted by Crippen LogP contribution is 2.19. The molecule has 0 fully saturated rings. The summed E-state index contributed by atoms with van der Waals surface area (Å²) < 4.78 is 5.22. The summed E-state index contributed by atoms with van der Waals surface area (Å²) in [5.74, 6) is 0.898. The van der Waals surface area contributed by atoms with Crippen molar-refractivity contribution in [2.24, 2.45) is 5.41 Å². The van der Waals surface area contributed by atoms with Gasteiger partial charge >= 0.3 is 0 Å². The van der Waals surface area contributed by atoms with Crippen molar-refractivity contribution in [3.05, 3.63) is 47.6 Å². The van der Waals surface area contributed by atoms with Gasteiger partial charge in [-0.3, -0.25) is 0 Å². The number of hydrogen-bond donors (Lipinski definition) is 0. The van der Waals surface area contributed by atoms with Crippen molar-refractivity contribution in [1.82, 2.24) is 0 Å². The van der Waals surface area contributed by atoms with Crippen molar-refractivity contribution in [3.63, 3.8) is 0 Å². The van der Waals surface area contributed by atoms with Crippen molar-refractivity contribution in [2.75, 3.05) is 7.11 Å². The molecule has 92 valence electrons. The van der Waals surface area contributed by atoms with Crippen LogP contribution >= 0.6 is 0 Å². The lowest BCUT2D eigenvalue weighted by Gasteiger charge is -2.10. The molecule has 0 N–H and O–H groups in total. The van der Waals surface area contributed by atoms with Crippen molar-refractivity contribution in [3.8, 4) is 5.75 Å². The number of methoxy groups -OCH3 is 1. The molecule has 0 aliphatic carbocycles. The lowest BCUT2D eigenvalue weighted by Crippen LogP contribution is -1.97. The maximum atomic E-state index is 5.22. The van der Waals surface area contributed by atoms with Crippen molar-refractivity contribution >= 4 is 6.08 Å². The van der Waals surface area contributed by atoms with Crippen molar-refractivity contribution in [2.45, 2.75) is 27.7 Å². The molecule has 0 saturated heterocycles. The highest BCUT2D eigenvalue weighted by molar-refractivity contribution is 5.57. The van der Waals surface area contributed by atoms with Gasteiger partial charge in [0.25, 0.3) is 0 Å². The first kappa shape index (κ1) is 13.6. The van der Waals surface area contributed by atoms with Crippen LogP contribution in [0.1, 0.15) is 31.9 Å². The van der Waals surface area contributed by atoms with Crippen LogP contribution in [0.4, 0.5) is 0 Å². The Morgan fingerprint density at radius 3 is 2.41 bits per heavy atom. The number of ether oxygens (including phenoxy) is 1. The van der Waals surface area contributed by atoms with E-state index in [9.17, 15) is 0 Å². The molecule has 0 bridgehead atoms. The molecule has 0 saturated carbocycles. The fraction of sp³-hybridized carbons (Fsp3) is 0.375. The second-order valence-corrected chi connectivity index (χ2v) is 5.31. The Morgan fingerprint density at radius 2 is 1.82 bits per heavy atom. The molecule has 0 radical (unpaired) electrons. The van der Waals surface area contributed by atoms with E-state index in [4.69, 9.17) is 4.74 Å². The summed E-state index contributed by atoms with van der Waals surface area (Å²) in [5, 5.41) is 0. The Labute approximate surface area is 105 Å². The van der Waals surface area contributed by atoms with Gasteiger partial charge in [0, 0.05) is 0 Å². The first-order valence-corrected chi connectivity index (χ1v) is 5.93. The zero-order chi connectivity index (χ0) is 12.9. The molecule has 1 heteroatoms. The molecule has 1 aromatic carbocycles. The van der Waals surface area contributed by atoms with Crippen LogP contribution in [0.15, 0.2) is 36.4 Å². The molecule has 0 spiro atoms. The molecule has 0 aliphatic rings. The zero-order valence-electron chi connectivity index (χ0n) is 11.4. The van der Waals surface area contributed by atoms with Gasteiger partial charge in [-0.15, -0.1) is 0 Å². The highest BCUT2D eigenvalue weighted by Gasteiger charge is 2.02. The first-order chi connectivity index (χ1) is 7.92. The normalized spacial score (nSPS) is 12.5. The van der Waals surface area contributed by atoms with Gasteiger partial charge < -0.3 is 4.74 Å². The molecular weight excluding hydrogens is 208 g/mol. The highest BCUT2D eigenvalue weighted by atomic mass is 16.5. The summed E-state index contributed by atoms with van der Waals surface area (Å²) in [4.78, 5) is 0. The minimum atomic E-state index is 0.230. The smallest absolute Gasteiger partial charge is 0.119 e. The number of benzene rings is 1. The Kier molecular flexibility index (Phi) is 4.56. The fourth-order valence-electron chi connectivity index (χ4n) is 1.43. The van der Waals surface area contributed by atoms with Gasteiger partial charge in [0.05, 0.1) is 7.11 Å². The Hall–Kier alpha value is -1.50. The van der Waals surface area contributed by atoms with Crippen molar-refractivity contribution in [1.29, 1.82) is 0 Å². The van der Waals surface area contributed by atoms with Crippen LogP contribution in [0.5, 0.6) is 5.75 Å². The number of allylic oxidation sites excluding steroid dienone is 3. The van der Waals surface area contributed by atoms with Crippen LogP contribution < -0.4 is 4.74 Å². The predicted molar refractivity (Wildman–Crippen MR) is 75.4 cm³/mol. The van der Waals surface area contributed by atoms with Crippen LogP contribution in [-0.4, -0.2) is 7.11 Å². The van der Waals surface area contributed by atoms with Gasteiger partial charge in [0.1, 0.15) is 5.75 Å².